The van der Waals surface area contributed by atoms with E-state index in [4.69, 9.17) is 4.74 Å². The first kappa shape index (κ1) is 10.2. The Hall–Kier alpha value is -1.02. The van der Waals surface area contributed by atoms with Gasteiger partial charge in [0, 0.05) is 18.6 Å². The Balaban J connectivity index is 2.00. The smallest absolute Gasteiger partial charge is 0.122 e. The molecule has 2 aliphatic rings. The summed E-state index contributed by atoms with van der Waals surface area (Å²) in [6.07, 6.45) is 1.02. The van der Waals surface area contributed by atoms with Crippen LogP contribution in [0.5, 0.6) is 5.75 Å². The summed E-state index contributed by atoms with van der Waals surface area (Å²) in [7, 11) is 0. The summed E-state index contributed by atoms with van der Waals surface area (Å²) < 4.78 is 5.59. The summed E-state index contributed by atoms with van der Waals surface area (Å²) in [5, 5.41) is 9.39. The van der Waals surface area contributed by atoms with Gasteiger partial charge in [0.2, 0.25) is 0 Å². The van der Waals surface area contributed by atoms with E-state index in [1.807, 2.05) is 0 Å². The van der Waals surface area contributed by atoms with E-state index in [1.54, 1.807) is 0 Å². The molecule has 3 rings (SSSR count). The molecule has 1 aromatic carbocycles. The molecule has 16 heavy (non-hydrogen) atoms. The van der Waals surface area contributed by atoms with E-state index in [0.29, 0.717) is 18.4 Å². The number of aliphatic hydroxyl groups excluding tert-OH is 1. The van der Waals surface area contributed by atoms with Crippen molar-refractivity contribution in [1.82, 2.24) is 0 Å². The predicted octanol–water partition coefficient (Wildman–Crippen LogP) is 2.35. The zero-order chi connectivity index (χ0) is 11.3. The average molecular weight is 218 g/mol. The quantitative estimate of drug-likeness (QED) is 0.825. The second kappa shape index (κ2) is 3.24. The SMILES string of the molecule is CC1(C)C(CO)C1c1cccc2c1CCO2. The molecule has 1 aliphatic carbocycles. The minimum absolute atomic E-state index is 0.243. The van der Waals surface area contributed by atoms with Crippen molar-refractivity contribution in [3.05, 3.63) is 29.3 Å². The van der Waals surface area contributed by atoms with E-state index in [0.717, 1.165) is 18.8 Å². The molecule has 1 fully saturated rings. The summed E-state index contributed by atoms with van der Waals surface area (Å²) in [6, 6.07) is 6.33. The maximum atomic E-state index is 9.39. The standard InChI is InChI=1S/C14H18O2/c1-14(2)11(8-15)13(14)10-4-3-5-12-9(10)6-7-16-12/h3-5,11,13,15H,6-8H2,1-2H3. The molecule has 0 bridgehead atoms. The summed E-state index contributed by atoms with van der Waals surface area (Å²) in [5.41, 5.74) is 3.02. The summed E-state index contributed by atoms with van der Waals surface area (Å²) in [4.78, 5) is 0. The van der Waals surface area contributed by atoms with Crippen LogP contribution in [0.4, 0.5) is 0 Å². The highest BCUT2D eigenvalue weighted by Crippen LogP contribution is 2.65. The van der Waals surface area contributed by atoms with E-state index >= 15 is 0 Å². The molecule has 86 valence electrons. The second-order valence-corrected chi connectivity index (χ2v) is 5.51. The van der Waals surface area contributed by atoms with Gasteiger partial charge in [0.1, 0.15) is 5.75 Å². The van der Waals surface area contributed by atoms with Crippen molar-refractivity contribution in [3.63, 3.8) is 0 Å². The van der Waals surface area contributed by atoms with Gasteiger partial charge in [-0.05, 0) is 28.9 Å². The van der Waals surface area contributed by atoms with Gasteiger partial charge in [-0.2, -0.15) is 0 Å². The van der Waals surface area contributed by atoms with Crippen LogP contribution in [0, 0.1) is 11.3 Å². The van der Waals surface area contributed by atoms with Gasteiger partial charge >= 0.3 is 0 Å². The van der Waals surface area contributed by atoms with Gasteiger partial charge in [0.15, 0.2) is 0 Å². The normalized spacial score (nSPS) is 29.7. The Morgan fingerprint density at radius 3 is 2.94 bits per heavy atom. The first-order valence-electron chi connectivity index (χ1n) is 6.01. The lowest BCUT2D eigenvalue weighted by molar-refractivity contribution is 0.256. The number of fused-ring (bicyclic) bond motifs is 1. The highest BCUT2D eigenvalue weighted by Gasteiger charge is 2.58. The maximum absolute atomic E-state index is 9.39. The number of benzene rings is 1. The molecule has 0 amide bonds. The van der Waals surface area contributed by atoms with Gasteiger partial charge in [-0.1, -0.05) is 26.0 Å². The molecule has 0 aromatic heterocycles. The molecule has 1 saturated carbocycles. The minimum Gasteiger partial charge on any atom is -0.493 e. The van der Waals surface area contributed by atoms with Gasteiger partial charge in [-0.25, -0.2) is 0 Å². The van der Waals surface area contributed by atoms with Crippen LogP contribution in [0.2, 0.25) is 0 Å². The molecular formula is C14H18O2. The lowest BCUT2D eigenvalue weighted by Crippen LogP contribution is -1.94. The molecule has 1 N–H and O–H groups in total. The Bertz CT molecular complexity index is 423. The monoisotopic (exact) mass is 218 g/mol. The molecule has 2 atom stereocenters. The number of hydrogen-bond donors (Lipinski definition) is 1. The van der Waals surface area contributed by atoms with Crippen LogP contribution in [0.15, 0.2) is 18.2 Å². The van der Waals surface area contributed by atoms with Gasteiger partial charge in [0.05, 0.1) is 6.61 Å². The Morgan fingerprint density at radius 2 is 2.25 bits per heavy atom. The van der Waals surface area contributed by atoms with E-state index in [-0.39, 0.29) is 5.41 Å². The number of ether oxygens (including phenoxy) is 1. The van der Waals surface area contributed by atoms with E-state index in [9.17, 15) is 5.11 Å². The maximum Gasteiger partial charge on any atom is 0.122 e. The van der Waals surface area contributed by atoms with Crippen molar-refractivity contribution in [3.8, 4) is 5.75 Å². The van der Waals surface area contributed by atoms with Crippen LogP contribution in [-0.2, 0) is 6.42 Å². The van der Waals surface area contributed by atoms with Gasteiger partial charge in [-0.15, -0.1) is 0 Å². The predicted molar refractivity (Wildman–Crippen MR) is 62.7 cm³/mol. The van der Waals surface area contributed by atoms with Crippen LogP contribution < -0.4 is 4.74 Å². The van der Waals surface area contributed by atoms with Gasteiger partial charge in [-0.3, -0.25) is 0 Å². The average Bonchev–Trinajstić information content (AvgIpc) is 2.65. The summed E-state index contributed by atoms with van der Waals surface area (Å²) in [6.45, 7) is 5.59. The zero-order valence-electron chi connectivity index (χ0n) is 9.86. The van der Waals surface area contributed by atoms with E-state index < -0.39 is 0 Å². The lowest BCUT2D eigenvalue weighted by Gasteiger charge is -2.08. The molecule has 1 aromatic rings. The molecule has 0 saturated heterocycles. The van der Waals surface area contributed by atoms with Crippen molar-refractivity contribution in [2.75, 3.05) is 13.2 Å². The molecular weight excluding hydrogens is 200 g/mol. The fourth-order valence-electron chi connectivity index (χ4n) is 3.24. The van der Waals surface area contributed by atoms with Gasteiger partial charge < -0.3 is 9.84 Å². The van der Waals surface area contributed by atoms with Crippen molar-refractivity contribution in [2.24, 2.45) is 11.3 Å². The highest BCUT2D eigenvalue weighted by molar-refractivity contribution is 5.48. The van der Waals surface area contributed by atoms with Crippen LogP contribution >= 0.6 is 0 Å². The Kier molecular flexibility index (Phi) is 2.05. The molecule has 2 unspecified atom stereocenters. The first-order valence-corrected chi connectivity index (χ1v) is 6.01. The molecule has 2 heteroatoms. The van der Waals surface area contributed by atoms with E-state index in [1.165, 1.54) is 11.1 Å². The van der Waals surface area contributed by atoms with Crippen LogP contribution in [0.3, 0.4) is 0 Å². The van der Waals surface area contributed by atoms with Gasteiger partial charge in [0.25, 0.3) is 0 Å². The molecule has 0 radical (unpaired) electrons. The minimum atomic E-state index is 0.243. The second-order valence-electron chi connectivity index (χ2n) is 5.51. The number of aliphatic hydroxyl groups is 1. The molecule has 1 aliphatic heterocycles. The van der Waals surface area contributed by atoms with Crippen molar-refractivity contribution < 1.29 is 9.84 Å². The van der Waals surface area contributed by atoms with Crippen molar-refractivity contribution >= 4 is 0 Å². The Morgan fingerprint density at radius 1 is 1.44 bits per heavy atom. The van der Waals surface area contributed by atoms with E-state index in [2.05, 4.69) is 32.0 Å². The fraction of sp³-hybridized carbons (Fsp3) is 0.571. The van der Waals surface area contributed by atoms with Crippen LogP contribution in [-0.4, -0.2) is 18.3 Å². The third kappa shape index (κ3) is 1.23. The summed E-state index contributed by atoms with van der Waals surface area (Å²) in [5.74, 6) is 1.98. The third-order valence-corrected chi connectivity index (χ3v) is 4.36. The molecule has 2 nitrogen and oxygen atoms in total. The molecule has 0 spiro atoms. The zero-order valence-corrected chi connectivity index (χ0v) is 9.86. The number of rotatable bonds is 2. The number of hydrogen-bond acceptors (Lipinski definition) is 2. The Labute approximate surface area is 96.2 Å². The van der Waals surface area contributed by atoms with Crippen molar-refractivity contribution in [1.29, 1.82) is 0 Å². The summed E-state index contributed by atoms with van der Waals surface area (Å²) >= 11 is 0. The largest absolute Gasteiger partial charge is 0.493 e. The highest BCUT2D eigenvalue weighted by atomic mass is 16.5. The fourth-order valence-corrected chi connectivity index (χ4v) is 3.24. The third-order valence-electron chi connectivity index (χ3n) is 4.36. The van der Waals surface area contributed by atoms with Crippen molar-refractivity contribution in [2.45, 2.75) is 26.2 Å². The topological polar surface area (TPSA) is 29.5 Å². The first-order chi connectivity index (χ1) is 7.66. The lowest BCUT2D eigenvalue weighted by atomic mass is 9.96. The van der Waals surface area contributed by atoms with Crippen LogP contribution in [0.25, 0.3) is 0 Å². The van der Waals surface area contributed by atoms with Crippen LogP contribution in [0.1, 0.15) is 30.9 Å². The molecule has 1 heterocycles.